The van der Waals surface area contributed by atoms with Gasteiger partial charge >= 0.3 is 0 Å². The molecule has 0 amide bonds. The number of thiophene rings is 1. The minimum Gasteiger partial charge on any atom is -0.307 e. The van der Waals surface area contributed by atoms with E-state index in [1.54, 1.807) is 11.3 Å². The highest BCUT2D eigenvalue weighted by Gasteiger charge is 2.14. The average molecular weight is 287 g/mol. The molecule has 2 rings (SSSR count). The van der Waals surface area contributed by atoms with Gasteiger partial charge in [0.15, 0.2) is 0 Å². The van der Waals surface area contributed by atoms with Gasteiger partial charge in [-0.3, -0.25) is 0 Å². The van der Waals surface area contributed by atoms with Crippen molar-refractivity contribution >= 4 is 11.3 Å². The van der Waals surface area contributed by atoms with E-state index in [1.807, 2.05) is 0 Å². The van der Waals surface area contributed by atoms with Crippen LogP contribution in [-0.4, -0.2) is 6.04 Å². The molecule has 0 bridgehead atoms. The fraction of sp³-hybridized carbons (Fsp3) is 0.444. The standard InChI is InChI=1S/C18H25NS/c1-3-4-10-18(17-8-6-5-7-9-17)19-15(2)13-16-11-12-20-14-16/h5-9,11-12,14-15,18-19H,3-4,10,13H2,1-2H3. The van der Waals surface area contributed by atoms with Crippen LogP contribution < -0.4 is 5.32 Å². The highest BCUT2D eigenvalue weighted by molar-refractivity contribution is 7.07. The first kappa shape index (κ1) is 15.3. The molecular weight excluding hydrogens is 262 g/mol. The Balaban J connectivity index is 1.96. The van der Waals surface area contributed by atoms with E-state index in [2.05, 4.69) is 66.3 Å². The summed E-state index contributed by atoms with van der Waals surface area (Å²) in [4.78, 5) is 0. The second-order valence-electron chi connectivity index (χ2n) is 5.51. The topological polar surface area (TPSA) is 12.0 Å². The third-order valence-electron chi connectivity index (χ3n) is 3.66. The van der Waals surface area contributed by atoms with Crippen LogP contribution in [0, 0.1) is 0 Å². The molecule has 1 aromatic carbocycles. The molecule has 20 heavy (non-hydrogen) atoms. The molecule has 1 aromatic heterocycles. The molecule has 2 aromatic rings. The molecular formula is C18H25NS. The van der Waals surface area contributed by atoms with E-state index in [4.69, 9.17) is 0 Å². The van der Waals surface area contributed by atoms with E-state index in [0.717, 1.165) is 6.42 Å². The number of hydrogen-bond donors (Lipinski definition) is 1. The van der Waals surface area contributed by atoms with E-state index in [-0.39, 0.29) is 0 Å². The number of rotatable bonds is 8. The molecule has 0 aliphatic rings. The summed E-state index contributed by atoms with van der Waals surface area (Å²) >= 11 is 1.78. The number of unbranched alkanes of at least 4 members (excludes halogenated alkanes) is 1. The maximum Gasteiger partial charge on any atom is 0.0322 e. The van der Waals surface area contributed by atoms with Gasteiger partial charge in [0, 0.05) is 12.1 Å². The summed E-state index contributed by atoms with van der Waals surface area (Å²) in [6.07, 6.45) is 4.86. The normalized spacial score (nSPS) is 14.1. The molecule has 0 fully saturated rings. The Bertz CT molecular complexity index is 463. The Morgan fingerprint density at radius 2 is 1.95 bits per heavy atom. The SMILES string of the molecule is CCCCC(NC(C)Cc1ccsc1)c1ccccc1. The molecule has 108 valence electrons. The van der Waals surface area contributed by atoms with Gasteiger partial charge in [0.05, 0.1) is 0 Å². The predicted octanol–water partition coefficient (Wildman–Crippen LogP) is 5.20. The van der Waals surface area contributed by atoms with Crippen molar-refractivity contribution in [1.82, 2.24) is 5.32 Å². The van der Waals surface area contributed by atoms with E-state index in [9.17, 15) is 0 Å². The Kier molecular flexibility index (Phi) is 6.28. The van der Waals surface area contributed by atoms with Gasteiger partial charge < -0.3 is 5.32 Å². The summed E-state index contributed by atoms with van der Waals surface area (Å²) in [6.45, 7) is 4.55. The van der Waals surface area contributed by atoms with Crippen molar-refractivity contribution in [2.75, 3.05) is 0 Å². The zero-order chi connectivity index (χ0) is 14.2. The van der Waals surface area contributed by atoms with Crippen molar-refractivity contribution in [3.8, 4) is 0 Å². The van der Waals surface area contributed by atoms with Crippen LogP contribution in [0.3, 0.4) is 0 Å². The van der Waals surface area contributed by atoms with Crippen molar-refractivity contribution in [2.24, 2.45) is 0 Å². The number of hydrogen-bond acceptors (Lipinski definition) is 2. The molecule has 0 saturated heterocycles. The highest BCUT2D eigenvalue weighted by atomic mass is 32.1. The van der Waals surface area contributed by atoms with Gasteiger partial charge in [-0.15, -0.1) is 0 Å². The van der Waals surface area contributed by atoms with Crippen LogP contribution >= 0.6 is 11.3 Å². The second kappa shape index (κ2) is 8.23. The molecule has 1 nitrogen and oxygen atoms in total. The van der Waals surface area contributed by atoms with E-state index in [0.29, 0.717) is 12.1 Å². The van der Waals surface area contributed by atoms with Gasteiger partial charge in [-0.05, 0) is 47.7 Å². The molecule has 1 heterocycles. The van der Waals surface area contributed by atoms with Gasteiger partial charge in [-0.25, -0.2) is 0 Å². The lowest BCUT2D eigenvalue weighted by Gasteiger charge is -2.24. The van der Waals surface area contributed by atoms with Gasteiger partial charge in [0.25, 0.3) is 0 Å². The van der Waals surface area contributed by atoms with E-state index in [1.165, 1.54) is 30.4 Å². The first-order valence-corrected chi connectivity index (χ1v) is 8.56. The summed E-state index contributed by atoms with van der Waals surface area (Å²) in [7, 11) is 0. The Morgan fingerprint density at radius 3 is 2.60 bits per heavy atom. The largest absolute Gasteiger partial charge is 0.307 e. The summed E-state index contributed by atoms with van der Waals surface area (Å²) in [5.41, 5.74) is 2.86. The van der Waals surface area contributed by atoms with Gasteiger partial charge in [0.1, 0.15) is 0 Å². The van der Waals surface area contributed by atoms with Crippen molar-refractivity contribution in [3.63, 3.8) is 0 Å². The maximum atomic E-state index is 3.81. The van der Waals surface area contributed by atoms with Gasteiger partial charge in [0.2, 0.25) is 0 Å². The first-order chi connectivity index (χ1) is 9.79. The molecule has 1 N–H and O–H groups in total. The zero-order valence-electron chi connectivity index (χ0n) is 12.5. The third-order valence-corrected chi connectivity index (χ3v) is 4.39. The summed E-state index contributed by atoms with van der Waals surface area (Å²) in [6, 6.07) is 14.1. The van der Waals surface area contributed by atoms with E-state index < -0.39 is 0 Å². The third kappa shape index (κ3) is 4.77. The molecule has 0 aliphatic carbocycles. The fourth-order valence-corrected chi connectivity index (χ4v) is 3.29. The van der Waals surface area contributed by atoms with Crippen molar-refractivity contribution in [1.29, 1.82) is 0 Å². The van der Waals surface area contributed by atoms with Gasteiger partial charge in [-0.2, -0.15) is 11.3 Å². The van der Waals surface area contributed by atoms with Crippen LogP contribution in [0.15, 0.2) is 47.2 Å². The van der Waals surface area contributed by atoms with Crippen LogP contribution in [0.25, 0.3) is 0 Å². The van der Waals surface area contributed by atoms with Crippen molar-refractivity contribution < 1.29 is 0 Å². The quantitative estimate of drug-likeness (QED) is 0.703. The summed E-state index contributed by atoms with van der Waals surface area (Å²) in [5.74, 6) is 0. The predicted molar refractivity (Wildman–Crippen MR) is 89.3 cm³/mol. The lowest BCUT2D eigenvalue weighted by atomic mass is 9.99. The number of benzene rings is 1. The van der Waals surface area contributed by atoms with Crippen LogP contribution in [0.4, 0.5) is 0 Å². The van der Waals surface area contributed by atoms with Crippen LogP contribution in [-0.2, 0) is 6.42 Å². The zero-order valence-corrected chi connectivity index (χ0v) is 13.3. The van der Waals surface area contributed by atoms with Crippen LogP contribution in [0.1, 0.15) is 50.3 Å². The Morgan fingerprint density at radius 1 is 1.15 bits per heavy atom. The number of nitrogens with one attached hydrogen (secondary N) is 1. The van der Waals surface area contributed by atoms with E-state index >= 15 is 0 Å². The minimum absolute atomic E-state index is 0.477. The molecule has 0 aliphatic heterocycles. The smallest absolute Gasteiger partial charge is 0.0322 e. The van der Waals surface area contributed by atoms with Crippen LogP contribution in [0.2, 0.25) is 0 Å². The molecule has 0 radical (unpaired) electrons. The monoisotopic (exact) mass is 287 g/mol. The second-order valence-corrected chi connectivity index (χ2v) is 6.29. The maximum absolute atomic E-state index is 3.81. The summed E-state index contributed by atoms with van der Waals surface area (Å²) < 4.78 is 0. The molecule has 2 atom stereocenters. The Hall–Kier alpha value is -1.12. The first-order valence-electron chi connectivity index (χ1n) is 7.61. The van der Waals surface area contributed by atoms with Crippen molar-refractivity contribution in [3.05, 3.63) is 58.3 Å². The molecule has 2 heteroatoms. The lowest BCUT2D eigenvalue weighted by molar-refractivity contribution is 0.422. The highest BCUT2D eigenvalue weighted by Crippen LogP contribution is 2.20. The summed E-state index contributed by atoms with van der Waals surface area (Å²) in [5, 5.41) is 8.22. The lowest BCUT2D eigenvalue weighted by Crippen LogP contribution is -2.32. The minimum atomic E-state index is 0.477. The molecule has 2 unspecified atom stereocenters. The molecule has 0 spiro atoms. The van der Waals surface area contributed by atoms with Crippen LogP contribution in [0.5, 0.6) is 0 Å². The molecule has 0 saturated carbocycles. The Labute approximate surface area is 127 Å². The average Bonchev–Trinajstić information content (AvgIpc) is 2.97. The van der Waals surface area contributed by atoms with Crippen molar-refractivity contribution in [2.45, 2.75) is 51.6 Å². The van der Waals surface area contributed by atoms with Gasteiger partial charge in [-0.1, -0.05) is 50.1 Å². The fourth-order valence-electron chi connectivity index (χ4n) is 2.60.